The molecule has 0 aromatic carbocycles. The van der Waals surface area contributed by atoms with Crippen molar-refractivity contribution >= 4 is 6.29 Å². The Labute approximate surface area is 127 Å². The highest BCUT2D eigenvalue weighted by Gasteiger charge is 2.06. The number of hydrogen-bond donors (Lipinski definition) is 0. The molecule has 0 amide bonds. The average Bonchev–Trinajstić information content (AvgIpc) is 2.38. The van der Waals surface area contributed by atoms with Crippen molar-refractivity contribution in [1.29, 1.82) is 0 Å². The Morgan fingerprint density at radius 3 is 1.75 bits per heavy atom. The molecular formula is C19H36O. The van der Waals surface area contributed by atoms with Gasteiger partial charge in [0.2, 0.25) is 0 Å². The van der Waals surface area contributed by atoms with Crippen molar-refractivity contribution < 1.29 is 4.79 Å². The van der Waals surface area contributed by atoms with E-state index in [-0.39, 0.29) is 0 Å². The lowest BCUT2D eigenvalue weighted by Gasteiger charge is -2.15. The Morgan fingerprint density at radius 2 is 1.30 bits per heavy atom. The second-order valence-corrected chi connectivity index (χ2v) is 7.13. The molecule has 1 nitrogen and oxygen atoms in total. The topological polar surface area (TPSA) is 17.1 Å². The summed E-state index contributed by atoms with van der Waals surface area (Å²) in [5.41, 5.74) is 0.746. The van der Waals surface area contributed by atoms with Crippen molar-refractivity contribution in [2.75, 3.05) is 0 Å². The van der Waals surface area contributed by atoms with E-state index in [2.05, 4.69) is 34.3 Å². The number of rotatable bonds is 13. The number of carbonyl (C=O) groups excluding carboxylic acids is 1. The van der Waals surface area contributed by atoms with Gasteiger partial charge in [0.25, 0.3) is 0 Å². The van der Waals surface area contributed by atoms with Gasteiger partial charge in [-0.3, -0.25) is 4.79 Å². The van der Waals surface area contributed by atoms with E-state index in [9.17, 15) is 4.79 Å². The molecule has 0 saturated heterocycles. The second-order valence-electron chi connectivity index (χ2n) is 7.13. The van der Waals surface area contributed by atoms with E-state index in [1.54, 1.807) is 0 Å². The minimum Gasteiger partial charge on any atom is -0.298 e. The van der Waals surface area contributed by atoms with Crippen molar-refractivity contribution in [3.63, 3.8) is 0 Å². The van der Waals surface area contributed by atoms with Gasteiger partial charge in [0.15, 0.2) is 0 Å². The Morgan fingerprint density at radius 1 is 0.850 bits per heavy atom. The van der Waals surface area contributed by atoms with Gasteiger partial charge in [-0.2, -0.15) is 0 Å². The van der Waals surface area contributed by atoms with Crippen LogP contribution in [0.2, 0.25) is 0 Å². The van der Waals surface area contributed by atoms with Crippen molar-refractivity contribution in [2.45, 2.75) is 85.5 Å². The van der Waals surface area contributed by atoms with Gasteiger partial charge in [-0.15, -0.1) is 0 Å². The van der Waals surface area contributed by atoms with Crippen molar-refractivity contribution in [1.82, 2.24) is 0 Å². The fourth-order valence-electron chi connectivity index (χ4n) is 2.71. The molecule has 1 heteroatoms. The molecule has 0 bridgehead atoms. The van der Waals surface area contributed by atoms with E-state index in [1.807, 2.05) is 0 Å². The summed E-state index contributed by atoms with van der Waals surface area (Å²) in [6.45, 7) is 13.1. The van der Waals surface area contributed by atoms with E-state index in [0.29, 0.717) is 0 Å². The number of carbonyl (C=O) groups is 1. The van der Waals surface area contributed by atoms with Gasteiger partial charge in [0.05, 0.1) is 0 Å². The number of allylic oxidation sites excluding steroid dienone is 1. The van der Waals surface area contributed by atoms with Crippen LogP contribution in [0.5, 0.6) is 0 Å². The fourth-order valence-corrected chi connectivity index (χ4v) is 2.71. The van der Waals surface area contributed by atoms with Crippen molar-refractivity contribution in [3.8, 4) is 0 Å². The summed E-state index contributed by atoms with van der Waals surface area (Å²) in [4.78, 5) is 10.5. The molecule has 0 rings (SSSR count). The quantitative estimate of drug-likeness (QED) is 0.291. The maximum Gasteiger partial charge on any atom is 0.145 e. The van der Waals surface area contributed by atoms with Gasteiger partial charge >= 0.3 is 0 Å². The minimum atomic E-state index is 0.746. The number of hydrogen-bond acceptors (Lipinski definition) is 1. The van der Waals surface area contributed by atoms with Gasteiger partial charge < -0.3 is 0 Å². The van der Waals surface area contributed by atoms with Gasteiger partial charge in [0, 0.05) is 0 Å². The lowest BCUT2D eigenvalue weighted by atomic mass is 9.91. The summed E-state index contributed by atoms with van der Waals surface area (Å²) in [7, 11) is 0. The first-order valence-corrected chi connectivity index (χ1v) is 8.58. The molecule has 2 atom stereocenters. The lowest BCUT2D eigenvalue weighted by Crippen LogP contribution is -2.00. The normalized spacial score (nSPS) is 14.2. The third-order valence-electron chi connectivity index (χ3n) is 4.23. The first kappa shape index (κ1) is 19.4. The molecule has 118 valence electrons. The zero-order valence-electron chi connectivity index (χ0n) is 14.3. The average molecular weight is 280 g/mol. The fraction of sp³-hybridized carbons (Fsp3) is 0.842. The standard InChI is InChI=1S/C19H36O/c1-16(2)9-6-10-17(3)11-7-12-18(4)13-8-14-19(5)15-20/h15-18H,5-14H2,1-4H3/t17-,18-/m0/s1. The third kappa shape index (κ3) is 12.4. The Bertz CT molecular complexity index is 254. The van der Waals surface area contributed by atoms with Crippen LogP contribution < -0.4 is 0 Å². The molecule has 0 spiro atoms. The highest BCUT2D eigenvalue weighted by Crippen LogP contribution is 2.21. The molecule has 20 heavy (non-hydrogen) atoms. The van der Waals surface area contributed by atoms with Crippen LogP contribution in [0.15, 0.2) is 12.2 Å². The molecule has 0 aromatic heterocycles. The first-order valence-electron chi connectivity index (χ1n) is 8.58. The maximum absolute atomic E-state index is 10.5. The molecule has 0 heterocycles. The molecule has 0 aliphatic carbocycles. The van der Waals surface area contributed by atoms with E-state index in [4.69, 9.17) is 0 Å². The largest absolute Gasteiger partial charge is 0.298 e. The second kappa shape index (κ2) is 12.2. The number of aldehydes is 1. The zero-order valence-corrected chi connectivity index (χ0v) is 14.3. The summed E-state index contributed by atoms with van der Waals surface area (Å²) in [6.07, 6.45) is 12.3. The van der Waals surface area contributed by atoms with Crippen LogP contribution in [-0.4, -0.2) is 6.29 Å². The van der Waals surface area contributed by atoms with Crippen LogP contribution in [-0.2, 0) is 4.79 Å². The highest BCUT2D eigenvalue weighted by atomic mass is 16.1. The minimum absolute atomic E-state index is 0.746. The molecule has 0 radical (unpaired) electrons. The van der Waals surface area contributed by atoms with Crippen LogP contribution in [0.4, 0.5) is 0 Å². The Balaban J connectivity index is 3.47. The smallest absolute Gasteiger partial charge is 0.145 e. The molecule has 0 aliphatic heterocycles. The molecule has 0 aliphatic rings. The molecular weight excluding hydrogens is 244 g/mol. The molecule has 0 aromatic rings. The van der Waals surface area contributed by atoms with Crippen LogP contribution >= 0.6 is 0 Å². The van der Waals surface area contributed by atoms with E-state index < -0.39 is 0 Å². The SMILES string of the molecule is C=C(C=O)CCC[C@@H](C)CCC[C@@H](C)CCCC(C)C. The summed E-state index contributed by atoms with van der Waals surface area (Å²) >= 11 is 0. The molecule has 0 unspecified atom stereocenters. The van der Waals surface area contributed by atoms with Gasteiger partial charge in [0.1, 0.15) is 6.29 Å². The van der Waals surface area contributed by atoms with Crippen molar-refractivity contribution in [2.24, 2.45) is 17.8 Å². The Hall–Kier alpha value is -0.590. The van der Waals surface area contributed by atoms with Crippen LogP contribution in [0.25, 0.3) is 0 Å². The Kier molecular flexibility index (Phi) is 11.8. The van der Waals surface area contributed by atoms with Gasteiger partial charge in [-0.1, -0.05) is 79.2 Å². The van der Waals surface area contributed by atoms with Crippen LogP contribution in [0.1, 0.15) is 85.5 Å². The summed E-state index contributed by atoms with van der Waals surface area (Å²) in [5, 5.41) is 0. The third-order valence-corrected chi connectivity index (χ3v) is 4.23. The predicted molar refractivity (Wildman–Crippen MR) is 89.9 cm³/mol. The van der Waals surface area contributed by atoms with Gasteiger partial charge in [-0.05, 0) is 36.2 Å². The van der Waals surface area contributed by atoms with Crippen LogP contribution in [0.3, 0.4) is 0 Å². The van der Waals surface area contributed by atoms with Crippen LogP contribution in [0, 0.1) is 17.8 Å². The summed E-state index contributed by atoms with van der Waals surface area (Å²) in [5.74, 6) is 2.52. The summed E-state index contributed by atoms with van der Waals surface area (Å²) < 4.78 is 0. The van der Waals surface area contributed by atoms with E-state index in [0.717, 1.165) is 42.5 Å². The maximum atomic E-state index is 10.5. The van der Waals surface area contributed by atoms with Crippen molar-refractivity contribution in [3.05, 3.63) is 12.2 Å². The van der Waals surface area contributed by atoms with E-state index in [1.165, 1.54) is 44.9 Å². The van der Waals surface area contributed by atoms with E-state index >= 15 is 0 Å². The molecule has 0 N–H and O–H groups in total. The lowest BCUT2D eigenvalue weighted by molar-refractivity contribution is -0.105. The highest BCUT2D eigenvalue weighted by molar-refractivity contribution is 5.71. The monoisotopic (exact) mass is 280 g/mol. The predicted octanol–water partition coefficient (Wildman–Crippen LogP) is 6.18. The molecule has 0 fully saturated rings. The van der Waals surface area contributed by atoms with Gasteiger partial charge in [-0.25, -0.2) is 0 Å². The zero-order chi connectivity index (χ0) is 15.4. The molecule has 0 saturated carbocycles. The first-order chi connectivity index (χ1) is 9.45. The summed E-state index contributed by atoms with van der Waals surface area (Å²) in [6, 6.07) is 0.